The number of ether oxygens (including phenoxy) is 7. The molecule has 3 rings (SSSR count). The van der Waals surface area contributed by atoms with Gasteiger partial charge in [0.15, 0.2) is 0 Å². The molecule has 3 saturated carbocycles. The Kier molecular flexibility index (Phi) is 68.4. The van der Waals surface area contributed by atoms with E-state index in [4.69, 9.17) is 33.2 Å². The fourth-order valence-electron chi connectivity index (χ4n) is 16.5. The normalized spacial score (nSPS) is 23.2. The summed E-state index contributed by atoms with van der Waals surface area (Å²) in [5, 5.41) is 109. The molecule has 15 N–H and O–H groups in total. The molecule has 0 aliphatic heterocycles. The molecule has 122 heavy (non-hydrogen) atoms. The second-order valence-corrected chi connectivity index (χ2v) is 34.5. The van der Waals surface area contributed by atoms with Gasteiger partial charge in [-0.05, 0) is 77.0 Å². The number of hydrogen-bond acceptors (Lipinski definition) is 24. The third kappa shape index (κ3) is 53.3. The molecule has 0 aromatic carbocycles. The maximum Gasteiger partial charge on any atom is 0.222 e. The van der Waals surface area contributed by atoms with Gasteiger partial charge in [0.25, 0.3) is 0 Å². The molecule has 3 aliphatic carbocycles. The van der Waals surface area contributed by atoms with Crippen molar-refractivity contribution in [3.05, 3.63) is 0 Å². The number of aliphatic hydroxyl groups is 9. The van der Waals surface area contributed by atoms with Gasteiger partial charge in [-0.2, -0.15) is 0 Å². The van der Waals surface area contributed by atoms with Crippen molar-refractivity contribution in [2.24, 2.45) is 17.8 Å². The van der Waals surface area contributed by atoms with Gasteiger partial charge in [0.2, 0.25) is 35.4 Å². The maximum atomic E-state index is 14.0. The third-order valence-corrected chi connectivity index (χ3v) is 23.8. The van der Waals surface area contributed by atoms with Crippen LogP contribution in [0.4, 0.5) is 0 Å². The minimum atomic E-state index is -1.27. The van der Waals surface area contributed by atoms with Crippen LogP contribution in [0.2, 0.25) is 0 Å². The number of unbranched alkanes of at least 4 members (excludes halogenated alkanes) is 32. The van der Waals surface area contributed by atoms with Crippen LogP contribution >= 0.6 is 0 Å². The largest absolute Gasteiger partial charge is 0.396 e. The van der Waals surface area contributed by atoms with Crippen LogP contribution in [0.3, 0.4) is 0 Å². The summed E-state index contributed by atoms with van der Waals surface area (Å²) in [7, 11) is 1.68. The number of amides is 6. The molecule has 6 amide bonds. The molecular formula is C92H172N6O24. The Labute approximate surface area is 731 Å². The number of methoxy groups -OCH3 is 1. The number of hydrogen-bond donors (Lipinski definition) is 15. The molecule has 3 fully saturated rings. The molecule has 3 aliphatic rings. The molecule has 30 nitrogen and oxygen atoms in total. The van der Waals surface area contributed by atoms with E-state index in [1.807, 2.05) is 13.8 Å². The lowest BCUT2D eigenvalue weighted by Crippen LogP contribution is -2.61. The highest BCUT2D eigenvalue weighted by Crippen LogP contribution is 2.32. The van der Waals surface area contributed by atoms with Crippen molar-refractivity contribution < 1.29 is 117 Å². The number of carbonyl (C=O) groups excluding carboxylic acids is 8. The molecule has 714 valence electrons. The minimum Gasteiger partial charge on any atom is -0.396 e. The Bertz CT molecular complexity index is 2440. The van der Waals surface area contributed by atoms with Gasteiger partial charge in [0, 0.05) is 150 Å². The summed E-state index contributed by atoms with van der Waals surface area (Å²) in [6, 6.07) is -2.21. The molecule has 0 aromatic heterocycles. The molecule has 0 saturated heterocycles. The van der Waals surface area contributed by atoms with Crippen LogP contribution in [0.5, 0.6) is 0 Å². The molecule has 15 atom stereocenters. The first kappa shape index (κ1) is 114. The lowest BCUT2D eigenvalue weighted by Gasteiger charge is -2.42. The van der Waals surface area contributed by atoms with E-state index in [0.29, 0.717) is 71.6 Å². The fourth-order valence-corrected chi connectivity index (χ4v) is 16.5. The molecule has 0 bridgehead atoms. The Morgan fingerprint density at radius 2 is 0.566 bits per heavy atom. The standard InChI is InChI=1S/C90H166N6O24.C2H6/c1-67(100)93-81-75(58-70(61-97)84(108)87(81)111)118-52-38-29-22-16-10-5-7-13-19-25-33-42-73(103)46-55-115-64-90(96-80(107)45-41-44-78(105)91-49-36-28-32-37-51-114-4,65-116-56-47-74(104)43-34-26-20-14-8-6-11-17-23-30-39-53-119-76-59-71(62-98)85(109)88(112)82(76)94-68(2)101)66-117-57-48-79(106)92-50-35-27-21-15-9-12-18-24-31-40-54-120-77-60-72(63-99)86(110)89(113)83(77)95-69(3)102;1-2/h70-72,75-77,81-89,97-99,108-113H,5-66H2,1-4H3,(H,91,105)(H,92,106)(H,93,100)(H,94,101)(H,95,102)(H,96,107);1-2H3. The van der Waals surface area contributed by atoms with Crippen molar-refractivity contribution in [2.45, 2.75) is 415 Å². The SMILES string of the molecule is CC.COCCCCCCNC(=O)CCCC(=O)NC(COCCC(=O)CCCCCCCCCCCCCOC1CC(CO)C(O)C(O)C1NC(C)=O)(COCCC(=O)CCCCCCCCCCCCCOC1CC(CO)C(O)C(O)C1NC(C)=O)COCCC(=O)NCCCCCCCCCCCCOC1CC(CO)C(O)C(O)C1NC(C)=O. The average Bonchev–Trinajstić information content (AvgIpc) is 0.829. The highest BCUT2D eigenvalue weighted by Gasteiger charge is 2.47. The van der Waals surface area contributed by atoms with Gasteiger partial charge in [-0.25, -0.2) is 0 Å². The van der Waals surface area contributed by atoms with Crippen molar-refractivity contribution in [3.63, 3.8) is 0 Å². The van der Waals surface area contributed by atoms with Crippen LogP contribution < -0.4 is 31.9 Å². The zero-order valence-corrected chi connectivity index (χ0v) is 76.1. The van der Waals surface area contributed by atoms with Crippen LogP contribution in [0.25, 0.3) is 0 Å². The van der Waals surface area contributed by atoms with Gasteiger partial charge in [-0.15, -0.1) is 0 Å². The monoisotopic (exact) mass is 1750 g/mol. The van der Waals surface area contributed by atoms with Crippen molar-refractivity contribution in [3.8, 4) is 0 Å². The van der Waals surface area contributed by atoms with Crippen molar-refractivity contribution in [1.29, 1.82) is 0 Å². The van der Waals surface area contributed by atoms with Crippen LogP contribution in [0.15, 0.2) is 0 Å². The van der Waals surface area contributed by atoms with E-state index in [1.165, 1.54) is 20.8 Å². The highest BCUT2D eigenvalue weighted by molar-refractivity contribution is 5.80. The zero-order valence-electron chi connectivity index (χ0n) is 76.1. The fraction of sp³-hybridized carbons (Fsp3) is 0.913. The van der Waals surface area contributed by atoms with Gasteiger partial charge in [0.05, 0.1) is 94.4 Å². The lowest BCUT2D eigenvalue weighted by molar-refractivity contribution is -0.142. The Hall–Kier alpha value is -4.48. The number of nitrogens with one attached hydrogen (secondary N) is 6. The second-order valence-electron chi connectivity index (χ2n) is 34.5. The highest BCUT2D eigenvalue weighted by atomic mass is 16.5. The van der Waals surface area contributed by atoms with Gasteiger partial charge >= 0.3 is 0 Å². The Morgan fingerprint density at radius 1 is 0.303 bits per heavy atom. The zero-order chi connectivity index (χ0) is 89.8. The predicted octanol–water partition coefficient (Wildman–Crippen LogP) is 8.97. The van der Waals surface area contributed by atoms with Crippen LogP contribution in [-0.2, 0) is 71.5 Å². The van der Waals surface area contributed by atoms with Crippen LogP contribution in [0, 0.1) is 17.8 Å². The van der Waals surface area contributed by atoms with Gasteiger partial charge in [-0.3, -0.25) is 38.4 Å². The third-order valence-electron chi connectivity index (χ3n) is 23.8. The van der Waals surface area contributed by atoms with Crippen molar-refractivity contribution in [1.82, 2.24) is 31.9 Å². The number of ketones is 2. The van der Waals surface area contributed by atoms with E-state index in [1.54, 1.807) is 7.11 Å². The van der Waals surface area contributed by atoms with Crippen LogP contribution in [0.1, 0.15) is 336 Å². The summed E-state index contributed by atoms with van der Waals surface area (Å²) in [5.41, 5.74) is -1.27. The molecule has 30 heteroatoms. The smallest absolute Gasteiger partial charge is 0.222 e. The second kappa shape index (κ2) is 73.4. The summed E-state index contributed by atoms with van der Waals surface area (Å²) >= 11 is 0. The summed E-state index contributed by atoms with van der Waals surface area (Å²) < 4.78 is 42.0. The van der Waals surface area contributed by atoms with Gasteiger partial charge in [0.1, 0.15) is 35.4 Å². The number of aliphatic hydroxyl groups excluding tert-OH is 9. The summed E-state index contributed by atoms with van der Waals surface area (Å²) in [4.78, 5) is 102. The van der Waals surface area contributed by atoms with E-state index in [9.17, 15) is 84.3 Å². The number of Topliss-reactive ketones (excluding diaryl/α,β-unsaturated/α-hetero) is 2. The minimum absolute atomic E-state index is 0.0281. The lowest BCUT2D eigenvalue weighted by atomic mass is 9.79. The van der Waals surface area contributed by atoms with Crippen molar-refractivity contribution >= 4 is 47.0 Å². The summed E-state index contributed by atoms with van der Waals surface area (Å²) in [5.74, 6) is -3.06. The van der Waals surface area contributed by atoms with Crippen LogP contribution in [-0.4, -0.2) is 278 Å². The quantitative estimate of drug-likeness (QED) is 0.0252. The van der Waals surface area contributed by atoms with Gasteiger partial charge < -0.3 is 111 Å². The average molecular weight is 1750 g/mol. The molecule has 0 spiro atoms. The first-order chi connectivity index (χ1) is 59.0. The number of rotatable bonds is 77. The van der Waals surface area contributed by atoms with Crippen molar-refractivity contribution in [2.75, 3.05) is 106 Å². The first-order valence-corrected chi connectivity index (χ1v) is 47.7. The van der Waals surface area contributed by atoms with E-state index < -0.39 is 96.4 Å². The van der Waals surface area contributed by atoms with E-state index in [0.717, 1.165) is 231 Å². The summed E-state index contributed by atoms with van der Waals surface area (Å²) in [6.45, 7) is 10.3. The predicted molar refractivity (Wildman–Crippen MR) is 469 cm³/mol. The first-order valence-electron chi connectivity index (χ1n) is 47.7. The topological polar surface area (TPSA) is 455 Å². The molecule has 15 unspecified atom stereocenters. The Morgan fingerprint density at radius 3 is 0.861 bits per heavy atom. The number of carbonyl (C=O) groups is 8. The van der Waals surface area contributed by atoms with E-state index >= 15 is 0 Å². The summed E-state index contributed by atoms with van der Waals surface area (Å²) in [6.07, 6.45) is 30.4. The maximum absolute atomic E-state index is 14.0. The molecule has 0 heterocycles. The molecule has 0 aromatic rings. The van der Waals surface area contributed by atoms with E-state index in [2.05, 4.69) is 31.9 Å². The Balaban J connectivity index is 0.0000250. The molecular weight excluding hydrogens is 1570 g/mol. The molecule has 0 radical (unpaired) electrons. The van der Waals surface area contributed by atoms with E-state index in [-0.39, 0.29) is 145 Å². The van der Waals surface area contributed by atoms with Gasteiger partial charge in [-0.1, -0.05) is 194 Å².